The molecule has 46 heavy (non-hydrogen) atoms. The average molecular weight is 613 g/mol. The van der Waals surface area contributed by atoms with Crippen molar-refractivity contribution < 1.29 is 0 Å². The average Bonchev–Trinajstić information content (AvgIpc) is 3.81. The fourth-order valence-electron chi connectivity index (χ4n) is 7.94. The highest BCUT2D eigenvalue weighted by atomic mass is 15.6. The lowest BCUT2D eigenvalue weighted by molar-refractivity contribution is -0.0888. The highest BCUT2D eigenvalue weighted by molar-refractivity contribution is 5.84. The zero-order chi connectivity index (χ0) is 31.0. The van der Waals surface area contributed by atoms with Gasteiger partial charge in [0.05, 0.1) is 0 Å². The molecular weight excluding hydrogens is 572 g/mol. The molecule has 2 unspecified atom stereocenters. The Kier molecular flexibility index (Phi) is 7.75. The number of tetrazole rings is 2. The van der Waals surface area contributed by atoms with Crippen LogP contribution in [-0.4, -0.2) is 76.6 Å². The predicted octanol–water partition coefficient (Wildman–Crippen LogP) is 5.80. The molecule has 4 heterocycles. The molecule has 0 saturated carbocycles. The molecule has 0 spiro atoms. The summed E-state index contributed by atoms with van der Waals surface area (Å²) < 4.78 is 0. The summed E-state index contributed by atoms with van der Waals surface area (Å²) in [5, 5.41) is 36.4. The second-order valence-corrected chi connectivity index (χ2v) is 13.3. The Morgan fingerprint density at radius 3 is 1.43 bits per heavy atom. The van der Waals surface area contributed by atoms with E-state index in [1.165, 1.54) is 43.8 Å². The lowest BCUT2D eigenvalue weighted by atomic mass is 9.85. The lowest BCUT2D eigenvalue weighted by Crippen LogP contribution is -2.53. The number of fused-ring (bicyclic) bond motifs is 2. The minimum atomic E-state index is 0.0184. The molecule has 2 saturated heterocycles. The zero-order valence-electron chi connectivity index (χ0n) is 26.5. The highest BCUT2D eigenvalue weighted by Gasteiger charge is 2.37. The molecule has 0 N–H and O–H groups in total. The van der Waals surface area contributed by atoms with Crippen LogP contribution in [0, 0.1) is 25.7 Å². The van der Waals surface area contributed by atoms with Gasteiger partial charge >= 0.3 is 0 Å². The minimum Gasteiger partial charge on any atom is -0.241 e. The smallest absolute Gasteiger partial charge is 0.162 e. The SMILES string of the molecule is Cc1ccc2cc(C([C@H]3CCCN(N4CCC[C@H](C(c5ccc6cc(C)ccc6c5)n5ncnn5)C4)C3)n3ncnn3)ccc2c1. The number of hydrogen-bond acceptors (Lipinski definition) is 8. The van der Waals surface area contributed by atoms with E-state index in [0.29, 0.717) is 11.8 Å². The molecule has 4 aromatic carbocycles. The van der Waals surface area contributed by atoms with Gasteiger partial charge in [0.15, 0.2) is 12.7 Å². The summed E-state index contributed by atoms with van der Waals surface area (Å²) in [6, 6.07) is 27.0. The Bertz CT molecular complexity index is 1790. The van der Waals surface area contributed by atoms with E-state index >= 15 is 0 Å². The molecule has 0 aliphatic carbocycles. The van der Waals surface area contributed by atoms with Crippen molar-refractivity contribution in [2.75, 3.05) is 26.2 Å². The van der Waals surface area contributed by atoms with Crippen LogP contribution in [0.4, 0.5) is 0 Å². The van der Waals surface area contributed by atoms with Gasteiger partial charge in [0.1, 0.15) is 12.1 Å². The van der Waals surface area contributed by atoms with Crippen LogP contribution in [0.25, 0.3) is 21.5 Å². The first-order chi connectivity index (χ1) is 22.6. The summed E-state index contributed by atoms with van der Waals surface area (Å²) in [6.45, 7) is 8.30. The van der Waals surface area contributed by atoms with E-state index in [0.717, 1.165) is 51.9 Å². The standard InChI is InChI=1S/C36H40N10/c1-25-7-9-29-19-31(13-11-27(29)17-25)35(45-39-23-37-41-45)33-5-3-15-43(21-33)44-16-4-6-34(22-44)36(46-40-24-38-42-46)32-14-12-28-18-26(2)8-10-30(28)20-32/h7-14,17-20,23-24,33-36H,3-6,15-16,21-22H2,1-2H3/t33-,34-,35?,36?/m0/s1. The molecule has 2 fully saturated rings. The van der Waals surface area contributed by atoms with Crippen LogP contribution in [-0.2, 0) is 0 Å². The minimum absolute atomic E-state index is 0.0184. The van der Waals surface area contributed by atoms with Crippen LogP contribution >= 0.6 is 0 Å². The van der Waals surface area contributed by atoms with Gasteiger partial charge in [-0.15, -0.1) is 20.4 Å². The van der Waals surface area contributed by atoms with Gasteiger partial charge in [-0.05, 0) is 94.8 Å². The number of rotatable bonds is 7. The second-order valence-electron chi connectivity index (χ2n) is 13.3. The van der Waals surface area contributed by atoms with Crippen molar-refractivity contribution in [3.8, 4) is 0 Å². The van der Waals surface area contributed by atoms with Crippen LogP contribution in [0.3, 0.4) is 0 Å². The maximum Gasteiger partial charge on any atom is 0.162 e. The second kappa shape index (κ2) is 12.3. The summed E-state index contributed by atoms with van der Waals surface area (Å²) in [6.07, 6.45) is 7.60. The molecule has 0 amide bonds. The van der Waals surface area contributed by atoms with Gasteiger partial charge in [0, 0.05) is 38.0 Å². The third-order valence-corrected chi connectivity index (χ3v) is 10.1. The monoisotopic (exact) mass is 612 g/mol. The first-order valence-corrected chi connectivity index (χ1v) is 16.5. The summed E-state index contributed by atoms with van der Waals surface area (Å²) in [7, 11) is 0. The summed E-state index contributed by atoms with van der Waals surface area (Å²) >= 11 is 0. The molecule has 10 nitrogen and oxygen atoms in total. The lowest BCUT2D eigenvalue weighted by Gasteiger charge is -2.46. The number of aromatic nitrogens is 8. The molecule has 0 radical (unpaired) electrons. The quantitative estimate of drug-likeness (QED) is 0.223. The molecule has 6 aromatic rings. The van der Waals surface area contributed by atoms with Crippen molar-refractivity contribution in [2.24, 2.45) is 11.8 Å². The number of aryl methyl sites for hydroxylation is 2. The zero-order valence-corrected chi connectivity index (χ0v) is 26.5. The first kappa shape index (κ1) is 28.9. The van der Waals surface area contributed by atoms with E-state index in [-0.39, 0.29) is 12.1 Å². The van der Waals surface area contributed by atoms with E-state index in [2.05, 4.69) is 127 Å². The summed E-state index contributed by atoms with van der Waals surface area (Å²) in [5.41, 5.74) is 5.02. The van der Waals surface area contributed by atoms with Gasteiger partial charge in [-0.1, -0.05) is 71.8 Å². The number of benzene rings is 4. The normalized spacial score (nSPS) is 21.1. The fraction of sp³-hybridized carbons (Fsp3) is 0.389. The van der Waals surface area contributed by atoms with Crippen molar-refractivity contribution in [2.45, 2.75) is 51.6 Å². The number of nitrogens with zero attached hydrogens (tertiary/aromatic N) is 10. The number of hydrogen-bond donors (Lipinski definition) is 0. The van der Waals surface area contributed by atoms with Gasteiger partial charge in [-0.25, -0.2) is 10.0 Å². The largest absolute Gasteiger partial charge is 0.241 e. The molecule has 234 valence electrons. The molecule has 0 bridgehead atoms. The van der Waals surface area contributed by atoms with Gasteiger partial charge in [-0.2, -0.15) is 9.59 Å². The Hall–Kier alpha value is -4.54. The number of piperidine rings is 2. The molecule has 2 aromatic heterocycles. The van der Waals surface area contributed by atoms with Gasteiger partial charge in [0.25, 0.3) is 0 Å². The van der Waals surface area contributed by atoms with Crippen molar-refractivity contribution in [3.63, 3.8) is 0 Å². The highest BCUT2D eigenvalue weighted by Crippen LogP contribution is 2.37. The molecule has 4 atom stereocenters. The van der Waals surface area contributed by atoms with Crippen molar-refractivity contribution in [1.29, 1.82) is 0 Å². The van der Waals surface area contributed by atoms with Crippen molar-refractivity contribution >= 4 is 21.5 Å². The van der Waals surface area contributed by atoms with Gasteiger partial charge in [-0.3, -0.25) is 0 Å². The molecule has 2 aliphatic heterocycles. The molecular formula is C36H40N10. The molecule has 8 rings (SSSR count). The maximum absolute atomic E-state index is 4.56. The van der Waals surface area contributed by atoms with Gasteiger partial charge in [0.2, 0.25) is 0 Å². The topological polar surface area (TPSA) is 93.7 Å². The molecule has 2 aliphatic rings. The van der Waals surface area contributed by atoms with Gasteiger partial charge < -0.3 is 0 Å². The Morgan fingerprint density at radius 2 is 1.00 bits per heavy atom. The number of hydrazine groups is 1. The summed E-state index contributed by atoms with van der Waals surface area (Å²) in [4.78, 5) is 3.66. The van der Waals surface area contributed by atoms with Crippen molar-refractivity contribution in [1.82, 2.24) is 50.4 Å². The molecule has 10 heteroatoms. The van der Waals surface area contributed by atoms with Crippen LogP contribution in [0.5, 0.6) is 0 Å². The van der Waals surface area contributed by atoms with E-state index in [4.69, 9.17) is 0 Å². The summed E-state index contributed by atoms with van der Waals surface area (Å²) in [5.74, 6) is 0.700. The van der Waals surface area contributed by atoms with E-state index in [1.54, 1.807) is 12.7 Å². The Balaban J connectivity index is 1.06. The van der Waals surface area contributed by atoms with E-state index < -0.39 is 0 Å². The Morgan fingerprint density at radius 1 is 0.565 bits per heavy atom. The Labute approximate surface area is 269 Å². The van der Waals surface area contributed by atoms with Crippen molar-refractivity contribution in [3.05, 3.63) is 108 Å². The van der Waals surface area contributed by atoms with E-state index in [1.807, 2.05) is 9.59 Å². The van der Waals surface area contributed by atoms with E-state index in [9.17, 15) is 0 Å². The first-order valence-electron chi connectivity index (χ1n) is 16.5. The van der Waals surface area contributed by atoms with Crippen LogP contribution in [0.1, 0.15) is 60.0 Å². The fourth-order valence-corrected chi connectivity index (χ4v) is 7.94. The van der Waals surface area contributed by atoms with Crippen LogP contribution in [0.2, 0.25) is 0 Å². The third kappa shape index (κ3) is 5.67. The van der Waals surface area contributed by atoms with Crippen LogP contribution in [0.15, 0.2) is 85.5 Å². The maximum atomic E-state index is 4.56. The predicted molar refractivity (Wildman–Crippen MR) is 178 cm³/mol. The van der Waals surface area contributed by atoms with Crippen LogP contribution < -0.4 is 0 Å². The third-order valence-electron chi connectivity index (χ3n) is 10.1.